The van der Waals surface area contributed by atoms with Crippen LogP contribution < -0.4 is 14.4 Å². The molecule has 0 radical (unpaired) electrons. The summed E-state index contributed by atoms with van der Waals surface area (Å²) in [5.41, 5.74) is -1.25. The number of piperidine rings is 1. The predicted octanol–water partition coefficient (Wildman–Crippen LogP) is 3.26. The van der Waals surface area contributed by atoms with Crippen molar-refractivity contribution in [1.29, 1.82) is 0 Å². The van der Waals surface area contributed by atoms with Crippen molar-refractivity contribution in [2.24, 2.45) is 0 Å². The Morgan fingerprint density at radius 1 is 1.18 bits per heavy atom. The lowest BCUT2D eigenvalue weighted by molar-refractivity contribution is -0.137. The lowest BCUT2D eigenvalue weighted by Gasteiger charge is -2.33. The fourth-order valence-corrected chi connectivity index (χ4v) is 4.84. The zero-order chi connectivity index (χ0) is 24.4. The van der Waals surface area contributed by atoms with Gasteiger partial charge in [-0.15, -0.1) is 0 Å². The number of carbonyl (C=O) groups excluding carboxylic acids is 1. The minimum Gasteiger partial charge on any atom is -0.495 e. The van der Waals surface area contributed by atoms with Gasteiger partial charge in [0.1, 0.15) is 10.6 Å². The molecule has 1 aliphatic heterocycles. The lowest BCUT2D eigenvalue weighted by atomic mass is 10.1. The number of aliphatic hydroxyl groups excluding tert-OH is 1. The summed E-state index contributed by atoms with van der Waals surface area (Å²) >= 11 is 0. The number of sulfonamides is 1. The fourth-order valence-electron chi connectivity index (χ4n) is 3.57. The van der Waals surface area contributed by atoms with E-state index in [1.165, 1.54) is 25.3 Å². The Hall–Kier alpha value is -2.99. The first-order chi connectivity index (χ1) is 15.5. The molecule has 1 saturated heterocycles. The van der Waals surface area contributed by atoms with Crippen molar-refractivity contribution in [2.45, 2.75) is 30.0 Å². The number of β-amino-alcohol motifs (C(OH)–C–C–N with tert-alkyl or cyclic N) is 1. The number of rotatable bonds is 6. The number of hydrogen-bond acceptors (Lipinski definition) is 7. The molecular formula is C21H23F3N2O6S. The Balaban J connectivity index is 2.09. The van der Waals surface area contributed by atoms with Crippen LogP contribution in [0.2, 0.25) is 0 Å². The number of esters is 1. The van der Waals surface area contributed by atoms with Gasteiger partial charge in [-0.25, -0.2) is 13.2 Å². The zero-order valence-corrected chi connectivity index (χ0v) is 18.7. The summed E-state index contributed by atoms with van der Waals surface area (Å²) in [6.45, 7) is 0.569. The minimum absolute atomic E-state index is 0.0814. The maximum absolute atomic E-state index is 13.4. The Bertz CT molecular complexity index is 1140. The van der Waals surface area contributed by atoms with E-state index in [2.05, 4.69) is 9.46 Å². The van der Waals surface area contributed by atoms with Crippen LogP contribution in [0.1, 0.15) is 28.8 Å². The number of carbonyl (C=O) groups is 1. The van der Waals surface area contributed by atoms with Gasteiger partial charge in [-0.2, -0.15) is 13.2 Å². The number of benzene rings is 2. The van der Waals surface area contributed by atoms with Crippen LogP contribution in [0.15, 0.2) is 41.3 Å². The van der Waals surface area contributed by atoms with Gasteiger partial charge in [-0.3, -0.25) is 4.72 Å². The monoisotopic (exact) mass is 488 g/mol. The molecule has 33 heavy (non-hydrogen) atoms. The first-order valence-electron chi connectivity index (χ1n) is 9.89. The molecule has 8 nitrogen and oxygen atoms in total. The molecule has 0 saturated carbocycles. The highest BCUT2D eigenvalue weighted by Crippen LogP contribution is 2.38. The molecule has 2 aromatic carbocycles. The van der Waals surface area contributed by atoms with E-state index in [0.29, 0.717) is 25.5 Å². The summed E-state index contributed by atoms with van der Waals surface area (Å²) in [7, 11) is -2.15. The standard InChI is InChI=1S/C21H23F3N2O6S/c1-31-18-8-5-13(20(28)32-2)10-19(18)33(29,30)25-16-11-14(21(22,23)24)6-7-17(16)26-9-3-4-15(27)12-26/h5-8,10-11,15,25,27H,3-4,9,12H2,1-2H3. The third-order valence-electron chi connectivity index (χ3n) is 5.18. The van der Waals surface area contributed by atoms with E-state index in [1.54, 1.807) is 4.90 Å². The molecule has 0 bridgehead atoms. The summed E-state index contributed by atoms with van der Waals surface area (Å²) in [5, 5.41) is 9.98. The third kappa shape index (κ3) is 5.50. The minimum atomic E-state index is -4.71. The highest BCUT2D eigenvalue weighted by Gasteiger charge is 2.33. The number of alkyl halides is 3. The molecule has 3 rings (SSSR count). The van der Waals surface area contributed by atoms with Crippen molar-refractivity contribution >= 4 is 27.4 Å². The normalized spacial score (nSPS) is 16.9. The second-order valence-electron chi connectivity index (χ2n) is 7.43. The smallest absolute Gasteiger partial charge is 0.416 e. The molecule has 1 atom stereocenters. The molecule has 1 fully saturated rings. The zero-order valence-electron chi connectivity index (χ0n) is 17.8. The fraction of sp³-hybridized carbons (Fsp3) is 0.381. The number of halogens is 3. The Kier molecular flexibility index (Phi) is 7.08. The van der Waals surface area contributed by atoms with Gasteiger partial charge < -0.3 is 19.5 Å². The van der Waals surface area contributed by atoms with Gasteiger partial charge in [-0.05, 0) is 49.2 Å². The topological polar surface area (TPSA) is 105 Å². The van der Waals surface area contributed by atoms with Crippen molar-refractivity contribution in [3.05, 3.63) is 47.5 Å². The molecule has 2 N–H and O–H groups in total. The number of hydrogen-bond donors (Lipinski definition) is 2. The van der Waals surface area contributed by atoms with Crippen LogP contribution in [0, 0.1) is 0 Å². The second-order valence-corrected chi connectivity index (χ2v) is 9.09. The molecule has 0 amide bonds. The second kappa shape index (κ2) is 9.48. The van der Waals surface area contributed by atoms with Crippen molar-refractivity contribution in [3.8, 4) is 5.75 Å². The van der Waals surface area contributed by atoms with Crippen molar-refractivity contribution in [3.63, 3.8) is 0 Å². The molecule has 12 heteroatoms. The molecule has 2 aromatic rings. The third-order valence-corrected chi connectivity index (χ3v) is 6.57. The lowest BCUT2D eigenvalue weighted by Crippen LogP contribution is -2.38. The predicted molar refractivity (Wildman–Crippen MR) is 114 cm³/mol. The first-order valence-corrected chi connectivity index (χ1v) is 11.4. The van der Waals surface area contributed by atoms with Crippen LogP contribution in [-0.2, 0) is 20.9 Å². The van der Waals surface area contributed by atoms with Crippen molar-refractivity contribution in [2.75, 3.05) is 36.9 Å². The maximum Gasteiger partial charge on any atom is 0.416 e. The number of methoxy groups -OCH3 is 2. The Labute approximate surface area is 189 Å². The van der Waals surface area contributed by atoms with Gasteiger partial charge in [0.2, 0.25) is 0 Å². The van der Waals surface area contributed by atoms with E-state index in [4.69, 9.17) is 4.74 Å². The van der Waals surface area contributed by atoms with Crippen LogP contribution in [0.25, 0.3) is 0 Å². The molecule has 0 aliphatic carbocycles. The number of ether oxygens (including phenoxy) is 2. The van der Waals surface area contributed by atoms with Gasteiger partial charge >= 0.3 is 12.1 Å². The van der Waals surface area contributed by atoms with Crippen LogP contribution in [-0.4, -0.2) is 52.9 Å². The van der Waals surface area contributed by atoms with E-state index in [0.717, 1.165) is 19.2 Å². The average Bonchev–Trinajstić information content (AvgIpc) is 2.77. The largest absolute Gasteiger partial charge is 0.495 e. The number of nitrogens with zero attached hydrogens (tertiary/aromatic N) is 1. The highest BCUT2D eigenvalue weighted by molar-refractivity contribution is 7.92. The summed E-state index contributed by atoms with van der Waals surface area (Å²) in [6.07, 6.45) is -4.27. The molecule has 0 spiro atoms. The summed E-state index contributed by atoms with van der Waals surface area (Å²) < 4.78 is 78.4. The highest BCUT2D eigenvalue weighted by atomic mass is 32.2. The first kappa shape index (κ1) is 24.6. The van der Waals surface area contributed by atoms with Crippen LogP contribution in [0.4, 0.5) is 24.5 Å². The number of aliphatic hydroxyl groups is 1. The van der Waals surface area contributed by atoms with E-state index >= 15 is 0 Å². The SMILES string of the molecule is COC(=O)c1ccc(OC)c(S(=O)(=O)Nc2cc(C(F)(F)F)ccc2N2CCCC(O)C2)c1. The number of anilines is 2. The van der Waals surface area contributed by atoms with Crippen molar-refractivity contribution in [1.82, 2.24) is 0 Å². The summed E-state index contributed by atoms with van der Waals surface area (Å²) in [6, 6.07) is 6.28. The molecular weight excluding hydrogens is 465 g/mol. The van der Waals surface area contributed by atoms with Crippen LogP contribution in [0.5, 0.6) is 5.75 Å². The van der Waals surface area contributed by atoms with E-state index < -0.39 is 38.7 Å². The molecule has 1 heterocycles. The Morgan fingerprint density at radius 3 is 2.52 bits per heavy atom. The van der Waals surface area contributed by atoms with Gasteiger partial charge in [0.05, 0.1) is 42.8 Å². The average molecular weight is 488 g/mol. The van der Waals surface area contributed by atoms with Gasteiger partial charge in [-0.1, -0.05) is 0 Å². The van der Waals surface area contributed by atoms with Gasteiger partial charge in [0, 0.05) is 13.1 Å². The van der Waals surface area contributed by atoms with Crippen molar-refractivity contribution < 1.29 is 41.0 Å². The van der Waals surface area contributed by atoms with E-state index in [-0.39, 0.29) is 29.2 Å². The molecule has 180 valence electrons. The maximum atomic E-state index is 13.4. The van der Waals surface area contributed by atoms with E-state index in [9.17, 15) is 31.5 Å². The summed E-state index contributed by atoms with van der Waals surface area (Å²) in [4.78, 5) is 13.0. The quantitative estimate of drug-likeness (QED) is 0.602. The molecule has 1 aliphatic rings. The van der Waals surface area contributed by atoms with Crippen LogP contribution in [0.3, 0.4) is 0 Å². The van der Waals surface area contributed by atoms with Crippen LogP contribution >= 0.6 is 0 Å². The Morgan fingerprint density at radius 2 is 1.91 bits per heavy atom. The number of nitrogens with one attached hydrogen (secondary N) is 1. The summed E-state index contributed by atoms with van der Waals surface area (Å²) in [5.74, 6) is -0.909. The van der Waals surface area contributed by atoms with Gasteiger partial charge in [0.25, 0.3) is 10.0 Å². The molecule has 0 aromatic heterocycles. The molecule has 1 unspecified atom stereocenters. The van der Waals surface area contributed by atoms with Gasteiger partial charge in [0.15, 0.2) is 0 Å². The van der Waals surface area contributed by atoms with E-state index in [1.807, 2.05) is 0 Å².